The summed E-state index contributed by atoms with van der Waals surface area (Å²) in [5.74, 6) is 0.216. The molecule has 0 aliphatic carbocycles. The molecule has 7 heteroatoms. The topological polar surface area (TPSA) is 47.6 Å². The van der Waals surface area contributed by atoms with Crippen LogP contribution in [0.3, 0.4) is 0 Å². The molecular formula is C19H23BrN4OS. The number of carbonyl (C=O) groups excluding carboxylic acids is 1. The molecule has 0 saturated carbocycles. The molecule has 138 valence electrons. The van der Waals surface area contributed by atoms with Crippen LogP contribution in [0.1, 0.15) is 22.9 Å². The van der Waals surface area contributed by atoms with Crippen LogP contribution in [-0.2, 0) is 11.3 Å². The van der Waals surface area contributed by atoms with Crippen LogP contribution >= 0.6 is 27.3 Å². The predicted octanol–water partition coefficient (Wildman–Crippen LogP) is 2.76. The number of nitrogens with zero attached hydrogens (tertiary/aromatic N) is 2. The summed E-state index contributed by atoms with van der Waals surface area (Å²) in [5.41, 5.74) is 7.68. The third-order valence-corrected chi connectivity index (χ3v) is 6.51. The van der Waals surface area contributed by atoms with E-state index in [1.165, 1.54) is 10.4 Å². The minimum Gasteiger partial charge on any atom is -0.339 e. The van der Waals surface area contributed by atoms with Crippen molar-refractivity contribution in [2.24, 2.45) is 0 Å². The van der Waals surface area contributed by atoms with Crippen molar-refractivity contribution in [1.82, 2.24) is 20.7 Å². The first kappa shape index (κ1) is 18.1. The van der Waals surface area contributed by atoms with Crippen LogP contribution < -0.4 is 10.9 Å². The SMILES string of the molecule is O=C(C1CC(c2ccc(Br)cc2)NN1)N1CCN(Cc2cccs2)CC1. The molecule has 0 radical (unpaired) electrons. The normalized spacial score (nSPS) is 24.1. The Bertz CT molecular complexity index is 729. The van der Waals surface area contributed by atoms with Crippen LogP contribution in [0.25, 0.3) is 0 Å². The Labute approximate surface area is 166 Å². The van der Waals surface area contributed by atoms with Gasteiger partial charge >= 0.3 is 0 Å². The van der Waals surface area contributed by atoms with Gasteiger partial charge in [-0.2, -0.15) is 0 Å². The van der Waals surface area contributed by atoms with Gasteiger partial charge in [-0.15, -0.1) is 11.3 Å². The Balaban J connectivity index is 1.28. The number of carbonyl (C=O) groups is 1. The lowest BCUT2D eigenvalue weighted by atomic mass is 10.0. The maximum atomic E-state index is 12.9. The first-order valence-electron chi connectivity index (χ1n) is 8.99. The fraction of sp³-hybridized carbons (Fsp3) is 0.421. The van der Waals surface area contributed by atoms with Crippen molar-refractivity contribution in [2.75, 3.05) is 26.2 Å². The van der Waals surface area contributed by atoms with Crippen LogP contribution in [-0.4, -0.2) is 47.9 Å². The third kappa shape index (κ3) is 4.18. The van der Waals surface area contributed by atoms with Gasteiger partial charge in [0.1, 0.15) is 6.04 Å². The second-order valence-electron chi connectivity index (χ2n) is 6.86. The number of benzene rings is 1. The Kier molecular flexibility index (Phi) is 5.71. The zero-order valence-corrected chi connectivity index (χ0v) is 16.9. The van der Waals surface area contributed by atoms with Crippen molar-refractivity contribution in [3.63, 3.8) is 0 Å². The molecule has 26 heavy (non-hydrogen) atoms. The van der Waals surface area contributed by atoms with Gasteiger partial charge in [-0.25, -0.2) is 10.9 Å². The van der Waals surface area contributed by atoms with Gasteiger partial charge in [-0.3, -0.25) is 9.69 Å². The monoisotopic (exact) mass is 434 g/mol. The van der Waals surface area contributed by atoms with Crippen molar-refractivity contribution < 1.29 is 4.79 Å². The van der Waals surface area contributed by atoms with Crippen LogP contribution in [0.2, 0.25) is 0 Å². The Morgan fingerprint density at radius 3 is 2.58 bits per heavy atom. The number of amides is 1. The molecule has 2 N–H and O–H groups in total. The van der Waals surface area contributed by atoms with E-state index in [4.69, 9.17) is 0 Å². The Hall–Kier alpha value is -1.25. The van der Waals surface area contributed by atoms with E-state index in [2.05, 4.69) is 61.3 Å². The molecule has 1 aromatic carbocycles. The molecule has 2 aliphatic rings. The summed E-state index contributed by atoms with van der Waals surface area (Å²) in [6.45, 7) is 4.51. The van der Waals surface area contributed by atoms with E-state index >= 15 is 0 Å². The average molecular weight is 435 g/mol. The first-order valence-corrected chi connectivity index (χ1v) is 10.7. The predicted molar refractivity (Wildman–Crippen MR) is 108 cm³/mol. The number of hydrogen-bond acceptors (Lipinski definition) is 5. The standard InChI is InChI=1S/C19H23BrN4OS/c20-15-5-3-14(4-6-15)17-12-18(22-21-17)19(25)24-9-7-23(8-10-24)13-16-2-1-11-26-16/h1-6,11,17-18,21-22H,7-10,12-13H2. The number of hydrazine groups is 1. The van der Waals surface area contributed by atoms with Gasteiger partial charge in [0.05, 0.1) is 0 Å². The van der Waals surface area contributed by atoms with E-state index in [9.17, 15) is 4.79 Å². The average Bonchev–Trinajstić information content (AvgIpc) is 3.34. The van der Waals surface area contributed by atoms with Crippen molar-refractivity contribution in [1.29, 1.82) is 0 Å². The molecule has 5 nitrogen and oxygen atoms in total. The number of thiophene rings is 1. The largest absolute Gasteiger partial charge is 0.339 e. The zero-order valence-electron chi connectivity index (χ0n) is 14.5. The number of halogens is 1. The molecular weight excluding hydrogens is 412 g/mol. The summed E-state index contributed by atoms with van der Waals surface area (Å²) in [7, 11) is 0. The van der Waals surface area contributed by atoms with Crippen molar-refractivity contribution in [2.45, 2.75) is 25.0 Å². The zero-order chi connectivity index (χ0) is 17.9. The summed E-state index contributed by atoms with van der Waals surface area (Å²) >= 11 is 5.26. The minimum absolute atomic E-state index is 0.146. The van der Waals surface area contributed by atoms with Crippen molar-refractivity contribution in [3.8, 4) is 0 Å². The fourth-order valence-electron chi connectivity index (χ4n) is 3.60. The second-order valence-corrected chi connectivity index (χ2v) is 8.81. The third-order valence-electron chi connectivity index (χ3n) is 5.12. The van der Waals surface area contributed by atoms with E-state index in [0.717, 1.165) is 43.6 Å². The summed E-state index contributed by atoms with van der Waals surface area (Å²) < 4.78 is 1.07. The minimum atomic E-state index is -0.146. The van der Waals surface area contributed by atoms with Crippen LogP contribution in [0.4, 0.5) is 0 Å². The summed E-state index contributed by atoms with van der Waals surface area (Å²) in [5, 5.41) is 2.12. The Morgan fingerprint density at radius 2 is 1.88 bits per heavy atom. The second kappa shape index (κ2) is 8.19. The van der Waals surface area contributed by atoms with Crippen LogP contribution in [0.5, 0.6) is 0 Å². The molecule has 2 saturated heterocycles. The molecule has 3 heterocycles. The van der Waals surface area contributed by atoms with Gasteiger partial charge in [0.15, 0.2) is 0 Å². The first-order chi connectivity index (χ1) is 12.7. The molecule has 2 fully saturated rings. The summed E-state index contributed by atoms with van der Waals surface area (Å²) in [4.78, 5) is 18.7. The molecule has 2 aromatic rings. The summed E-state index contributed by atoms with van der Waals surface area (Å²) in [6, 6.07) is 12.6. The number of hydrogen-bond donors (Lipinski definition) is 2. The van der Waals surface area contributed by atoms with E-state index in [1.807, 2.05) is 17.0 Å². The van der Waals surface area contributed by atoms with Crippen molar-refractivity contribution >= 4 is 33.2 Å². The highest BCUT2D eigenvalue weighted by Crippen LogP contribution is 2.25. The van der Waals surface area contributed by atoms with Gasteiger partial charge < -0.3 is 4.90 Å². The molecule has 0 spiro atoms. The number of rotatable bonds is 4. The molecule has 2 aliphatic heterocycles. The van der Waals surface area contributed by atoms with Gasteiger partial charge in [0, 0.05) is 48.1 Å². The summed E-state index contributed by atoms with van der Waals surface area (Å²) in [6.07, 6.45) is 0.788. The van der Waals surface area contributed by atoms with Gasteiger partial charge in [0.2, 0.25) is 5.91 Å². The molecule has 1 aromatic heterocycles. The molecule has 4 rings (SSSR count). The fourth-order valence-corrected chi connectivity index (χ4v) is 4.61. The number of nitrogens with one attached hydrogen (secondary N) is 2. The van der Waals surface area contributed by atoms with Gasteiger partial charge in [-0.05, 0) is 35.6 Å². The molecule has 1 amide bonds. The van der Waals surface area contributed by atoms with E-state index < -0.39 is 0 Å². The number of piperazine rings is 1. The van der Waals surface area contributed by atoms with Gasteiger partial charge in [-0.1, -0.05) is 34.1 Å². The maximum absolute atomic E-state index is 12.9. The highest BCUT2D eigenvalue weighted by molar-refractivity contribution is 9.10. The quantitative estimate of drug-likeness (QED) is 0.776. The van der Waals surface area contributed by atoms with Crippen LogP contribution in [0.15, 0.2) is 46.3 Å². The molecule has 2 unspecified atom stereocenters. The maximum Gasteiger partial charge on any atom is 0.241 e. The molecule has 2 atom stereocenters. The van der Waals surface area contributed by atoms with Gasteiger partial charge in [0.25, 0.3) is 0 Å². The highest BCUT2D eigenvalue weighted by atomic mass is 79.9. The van der Waals surface area contributed by atoms with Crippen LogP contribution in [0, 0.1) is 0 Å². The smallest absolute Gasteiger partial charge is 0.241 e. The molecule has 0 bridgehead atoms. The Morgan fingerprint density at radius 1 is 1.12 bits per heavy atom. The van der Waals surface area contributed by atoms with E-state index in [-0.39, 0.29) is 18.0 Å². The van der Waals surface area contributed by atoms with E-state index in [1.54, 1.807) is 11.3 Å². The van der Waals surface area contributed by atoms with E-state index in [0.29, 0.717) is 0 Å². The lowest BCUT2D eigenvalue weighted by Gasteiger charge is -2.35. The lowest BCUT2D eigenvalue weighted by Crippen LogP contribution is -2.53. The van der Waals surface area contributed by atoms with Crippen molar-refractivity contribution in [3.05, 3.63) is 56.7 Å². The lowest BCUT2D eigenvalue weighted by molar-refractivity contribution is -0.135. The highest BCUT2D eigenvalue weighted by Gasteiger charge is 2.34.